The van der Waals surface area contributed by atoms with E-state index in [2.05, 4.69) is 65.8 Å². The maximum Gasteiger partial charge on any atom is 0.193 e. The highest BCUT2D eigenvalue weighted by Crippen LogP contribution is 2.23. The second kappa shape index (κ2) is 9.16. The van der Waals surface area contributed by atoms with Crippen molar-refractivity contribution >= 4 is 5.78 Å². The van der Waals surface area contributed by atoms with Crippen molar-refractivity contribution in [2.24, 2.45) is 11.8 Å². The van der Waals surface area contributed by atoms with Crippen LogP contribution < -0.4 is 0 Å². The van der Waals surface area contributed by atoms with Gasteiger partial charge in [-0.05, 0) is 59.8 Å². The Hall–Kier alpha value is -1.89. The second-order valence-corrected chi connectivity index (χ2v) is 8.22. The van der Waals surface area contributed by atoms with E-state index in [9.17, 15) is 4.79 Å². The first-order valence-corrected chi connectivity index (χ1v) is 10.1. The minimum Gasteiger partial charge on any atom is -0.289 e. The largest absolute Gasteiger partial charge is 0.289 e. The van der Waals surface area contributed by atoms with Crippen LogP contribution >= 0.6 is 0 Å². The standard InChI is InChI=1S/C25H34O/c1-7-21-15-19(13-17(3)4)9-11-23(21)25(26)24-12-10-20(14-18(5)6)16-22(24)8-2/h9-12,15-18H,7-8,13-14H2,1-6H3. The van der Waals surface area contributed by atoms with Crippen molar-refractivity contribution in [3.8, 4) is 0 Å². The van der Waals surface area contributed by atoms with E-state index in [1.54, 1.807) is 0 Å². The summed E-state index contributed by atoms with van der Waals surface area (Å²) >= 11 is 0. The summed E-state index contributed by atoms with van der Waals surface area (Å²) in [7, 11) is 0. The molecule has 0 unspecified atom stereocenters. The molecule has 1 nitrogen and oxygen atoms in total. The number of rotatable bonds is 8. The summed E-state index contributed by atoms with van der Waals surface area (Å²) in [5, 5.41) is 0. The van der Waals surface area contributed by atoms with Crippen LogP contribution in [0.5, 0.6) is 0 Å². The lowest BCUT2D eigenvalue weighted by Gasteiger charge is -2.14. The summed E-state index contributed by atoms with van der Waals surface area (Å²) < 4.78 is 0. The lowest BCUT2D eigenvalue weighted by atomic mass is 9.89. The first-order valence-electron chi connectivity index (χ1n) is 10.1. The number of ketones is 1. The number of carbonyl (C=O) groups is 1. The van der Waals surface area contributed by atoms with E-state index in [-0.39, 0.29) is 5.78 Å². The van der Waals surface area contributed by atoms with Crippen molar-refractivity contribution in [1.29, 1.82) is 0 Å². The molecule has 1 heteroatoms. The molecule has 0 amide bonds. The van der Waals surface area contributed by atoms with Crippen LogP contribution in [0.3, 0.4) is 0 Å². The van der Waals surface area contributed by atoms with Crippen LogP contribution in [-0.4, -0.2) is 5.78 Å². The zero-order chi connectivity index (χ0) is 19.3. The van der Waals surface area contributed by atoms with Gasteiger partial charge >= 0.3 is 0 Å². The van der Waals surface area contributed by atoms with Crippen molar-refractivity contribution in [2.45, 2.75) is 67.2 Å². The molecule has 2 aromatic carbocycles. The average molecular weight is 351 g/mol. The topological polar surface area (TPSA) is 17.1 Å². The third-order valence-electron chi connectivity index (χ3n) is 4.88. The van der Waals surface area contributed by atoms with E-state index >= 15 is 0 Å². The molecule has 0 saturated carbocycles. The third kappa shape index (κ3) is 5.06. The number of hydrogen-bond donors (Lipinski definition) is 0. The maximum atomic E-state index is 13.3. The molecule has 0 fully saturated rings. The van der Waals surface area contributed by atoms with Gasteiger partial charge < -0.3 is 0 Å². The zero-order valence-corrected chi connectivity index (χ0v) is 17.4. The summed E-state index contributed by atoms with van der Waals surface area (Å²) in [6.07, 6.45) is 3.90. The number of hydrogen-bond acceptors (Lipinski definition) is 1. The smallest absolute Gasteiger partial charge is 0.193 e. The number of benzene rings is 2. The lowest BCUT2D eigenvalue weighted by Crippen LogP contribution is -2.10. The van der Waals surface area contributed by atoms with Gasteiger partial charge in [0, 0.05) is 11.1 Å². The molecule has 0 aliphatic rings. The summed E-state index contributed by atoms with van der Waals surface area (Å²) in [5.74, 6) is 1.42. The van der Waals surface area contributed by atoms with Gasteiger partial charge in [0.1, 0.15) is 0 Å². The van der Waals surface area contributed by atoms with Crippen molar-refractivity contribution in [1.82, 2.24) is 0 Å². The van der Waals surface area contributed by atoms with Crippen LogP contribution in [0.15, 0.2) is 36.4 Å². The summed E-state index contributed by atoms with van der Waals surface area (Å²) in [6, 6.07) is 12.8. The van der Waals surface area contributed by atoms with Gasteiger partial charge in [0.05, 0.1) is 0 Å². The fraction of sp³-hybridized carbons (Fsp3) is 0.480. The molecule has 0 aliphatic carbocycles. The van der Waals surface area contributed by atoms with Crippen molar-refractivity contribution < 1.29 is 4.79 Å². The van der Waals surface area contributed by atoms with Crippen molar-refractivity contribution in [3.63, 3.8) is 0 Å². The van der Waals surface area contributed by atoms with E-state index in [1.165, 1.54) is 22.3 Å². The Bertz CT molecular complexity index is 689. The fourth-order valence-corrected chi connectivity index (χ4v) is 3.66. The Morgan fingerprint density at radius 3 is 1.42 bits per heavy atom. The van der Waals surface area contributed by atoms with Gasteiger partial charge in [0.15, 0.2) is 5.78 Å². The lowest BCUT2D eigenvalue weighted by molar-refractivity contribution is 0.103. The molecule has 2 rings (SSSR count). The molecular formula is C25H34O. The predicted octanol–water partition coefficient (Wildman–Crippen LogP) is 6.44. The normalized spacial score (nSPS) is 11.4. The van der Waals surface area contributed by atoms with E-state index < -0.39 is 0 Å². The summed E-state index contributed by atoms with van der Waals surface area (Å²) in [5.41, 5.74) is 6.73. The van der Waals surface area contributed by atoms with Gasteiger partial charge in [0.25, 0.3) is 0 Å². The molecule has 0 spiro atoms. The SMILES string of the molecule is CCc1cc(CC(C)C)ccc1C(=O)c1ccc(CC(C)C)cc1CC. The van der Waals surface area contributed by atoms with E-state index in [0.717, 1.165) is 36.8 Å². The highest BCUT2D eigenvalue weighted by molar-refractivity contribution is 6.10. The summed E-state index contributed by atoms with van der Waals surface area (Å²) in [6.45, 7) is 13.2. The monoisotopic (exact) mass is 350 g/mol. The molecule has 0 saturated heterocycles. The third-order valence-corrected chi connectivity index (χ3v) is 4.88. The molecular weight excluding hydrogens is 316 g/mol. The molecule has 0 N–H and O–H groups in total. The van der Waals surface area contributed by atoms with E-state index in [4.69, 9.17) is 0 Å². The molecule has 2 aromatic rings. The quantitative estimate of drug-likeness (QED) is 0.501. The van der Waals surface area contributed by atoms with Crippen LogP contribution in [0, 0.1) is 11.8 Å². The summed E-state index contributed by atoms with van der Waals surface area (Å²) in [4.78, 5) is 13.3. The second-order valence-electron chi connectivity index (χ2n) is 8.22. The Morgan fingerprint density at radius 2 is 1.12 bits per heavy atom. The number of carbonyl (C=O) groups excluding carboxylic acids is 1. The minimum absolute atomic E-state index is 0.172. The number of aryl methyl sites for hydroxylation is 2. The van der Waals surface area contributed by atoms with Gasteiger partial charge in [-0.3, -0.25) is 4.79 Å². The highest BCUT2D eigenvalue weighted by atomic mass is 16.1. The van der Waals surface area contributed by atoms with Gasteiger partial charge in [-0.1, -0.05) is 77.9 Å². The average Bonchev–Trinajstić information content (AvgIpc) is 2.59. The van der Waals surface area contributed by atoms with Crippen LogP contribution in [0.1, 0.15) is 79.7 Å². The van der Waals surface area contributed by atoms with Crippen molar-refractivity contribution in [3.05, 3.63) is 69.8 Å². The zero-order valence-electron chi connectivity index (χ0n) is 17.4. The molecule has 0 heterocycles. The fourth-order valence-electron chi connectivity index (χ4n) is 3.66. The van der Waals surface area contributed by atoms with Gasteiger partial charge in [-0.15, -0.1) is 0 Å². The molecule has 26 heavy (non-hydrogen) atoms. The molecule has 140 valence electrons. The van der Waals surface area contributed by atoms with Crippen LogP contribution in [0.2, 0.25) is 0 Å². The van der Waals surface area contributed by atoms with Gasteiger partial charge in [0.2, 0.25) is 0 Å². The molecule has 0 bridgehead atoms. The van der Waals surface area contributed by atoms with E-state index in [1.807, 2.05) is 12.1 Å². The van der Waals surface area contributed by atoms with Gasteiger partial charge in [-0.2, -0.15) is 0 Å². The first-order chi connectivity index (χ1) is 12.3. The maximum absolute atomic E-state index is 13.3. The van der Waals surface area contributed by atoms with Crippen LogP contribution in [0.4, 0.5) is 0 Å². The van der Waals surface area contributed by atoms with Gasteiger partial charge in [-0.25, -0.2) is 0 Å². The molecule has 0 aromatic heterocycles. The molecule has 0 atom stereocenters. The minimum atomic E-state index is 0.172. The molecule has 0 aliphatic heterocycles. The Balaban J connectivity index is 2.39. The Labute approximate surface area is 159 Å². The Kier molecular flexibility index (Phi) is 7.20. The van der Waals surface area contributed by atoms with E-state index in [0.29, 0.717) is 11.8 Å². The predicted molar refractivity (Wildman–Crippen MR) is 112 cm³/mol. The van der Waals surface area contributed by atoms with Crippen LogP contribution in [0.25, 0.3) is 0 Å². The molecule has 0 radical (unpaired) electrons. The first kappa shape index (κ1) is 20.4. The van der Waals surface area contributed by atoms with Crippen molar-refractivity contribution in [2.75, 3.05) is 0 Å². The van der Waals surface area contributed by atoms with Crippen LogP contribution in [-0.2, 0) is 25.7 Å². The Morgan fingerprint density at radius 1 is 0.731 bits per heavy atom. The highest BCUT2D eigenvalue weighted by Gasteiger charge is 2.17.